The average molecular weight is 262 g/mol. The Labute approximate surface area is 116 Å². The van der Waals surface area contributed by atoms with Gasteiger partial charge in [0.15, 0.2) is 0 Å². The molecule has 0 radical (unpaired) electrons. The van der Waals surface area contributed by atoms with Crippen LogP contribution in [0.3, 0.4) is 0 Å². The van der Waals surface area contributed by atoms with Gasteiger partial charge < -0.3 is 10.5 Å². The van der Waals surface area contributed by atoms with Gasteiger partial charge in [-0.05, 0) is 43.5 Å². The zero-order valence-electron chi connectivity index (χ0n) is 12.1. The standard InChI is InChI=1S/C16H26N2O/c1-3-11-19-15-9-5-13(6-10-15)16(12-17)18(4-2)14-7-8-14/h5-6,9-10,14,16H,3-4,7-8,11-12,17H2,1-2H3. The lowest BCUT2D eigenvalue weighted by atomic mass is 10.0. The maximum atomic E-state index is 5.99. The molecule has 1 saturated carbocycles. The highest BCUT2D eigenvalue weighted by atomic mass is 16.5. The SMILES string of the molecule is CCCOc1ccc(C(CN)N(CC)C2CC2)cc1. The minimum absolute atomic E-state index is 0.345. The third-order valence-electron chi connectivity index (χ3n) is 3.74. The molecular weight excluding hydrogens is 236 g/mol. The Morgan fingerprint density at radius 2 is 1.95 bits per heavy atom. The molecule has 1 aromatic carbocycles. The highest BCUT2D eigenvalue weighted by molar-refractivity contribution is 5.29. The summed E-state index contributed by atoms with van der Waals surface area (Å²) >= 11 is 0. The van der Waals surface area contributed by atoms with Gasteiger partial charge in [0.2, 0.25) is 0 Å². The number of hydrogen-bond acceptors (Lipinski definition) is 3. The van der Waals surface area contributed by atoms with Crippen LogP contribution in [0.4, 0.5) is 0 Å². The molecule has 3 heteroatoms. The molecule has 1 atom stereocenters. The first kappa shape index (κ1) is 14.4. The van der Waals surface area contributed by atoms with Crippen molar-refractivity contribution in [2.75, 3.05) is 19.7 Å². The van der Waals surface area contributed by atoms with Crippen LogP contribution in [0.5, 0.6) is 5.75 Å². The van der Waals surface area contributed by atoms with E-state index in [4.69, 9.17) is 10.5 Å². The summed E-state index contributed by atoms with van der Waals surface area (Å²) in [6.45, 7) is 6.87. The Hall–Kier alpha value is -1.06. The molecule has 0 heterocycles. The van der Waals surface area contributed by atoms with Crippen molar-refractivity contribution in [1.29, 1.82) is 0 Å². The van der Waals surface area contributed by atoms with E-state index in [1.165, 1.54) is 18.4 Å². The minimum atomic E-state index is 0.345. The van der Waals surface area contributed by atoms with Crippen molar-refractivity contribution < 1.29 is 4.74 Å². The molecule has 0 amide bonds. The molecule has 2 N–H and O–H groups in total. The summed E-state index contributed by atoms with van der Waals surface area (Å²) in [4.78, 5) is 2.53. The first-order chi connectivity index (χ1) is 9.30. The molecule has 1 aromatic rings. The third-order valence-corrected chi connectivity index (χ3v) is 3.74. The fourth-order valence-electron chi connectivity index (χ4n) is 2.61. The van der Waals surface area contributed by atoms with Crippen molar-refractivity contribution in [3.63, 3.8) is 0 Å². The molecule has 1 aliphatic carbocycles. The van der Waals surface area contributed by atoms with Crippen LogP contribution < -0.4 is 10.5 Å². The highest BCUT2D eigenvalue weighted by Crippen LogP contribution is 2.34. The zero-order valence-corrected chi connectivity index (χ0v) is 12.1. The van der Waals surface area contributed by atoms with Crippen molar-refractivity contribution in [2.45, 2.75) is 45.2 Å². The van der Waals surface area contributed by atoms with Crippen LogP contribution in [0.1, 0.15) is 44.7 Å². The van der Waals surface area contributed by atoms with E-state index in [2.05, 4.69) is 43.0 Å². The Balaban J connectivity index is 2.05. The van der Waals surface area contributed by atoms with E-state index in [0.29, 0.717) is 12.6 Å². The molecule has 2 rings (SSSR count). The Bertz CT molecular complexity index is 373. The minimum Gasteiger partial charge on any atom is -0.494 e. The monoisotopic (exact) mass is 262 g/mol. The second kappa shape index (κ2) is 6.92. The zero-order chi connectivity index (χ0) is 13.7. The number of benzene rings is 1. The second-order valence-corrected chi connectivity index (χ2v) is 5.23. The van der Waals surface area contributed by atoms with Gasteiger partial charge >= 0.3 is 0 Å². The lowest BCUT2D eigenvalue weighted by Crippen LogP contribution is -2.35. The van der Waals surface area contributed by atoms with Crippen molar-refractivity contribution in [1.82, 2.24) is 4.90 Å². The van der Waals surface area contributed by atoms with Gasteiger partial charge in [-0.25, -0.2) is 0 Å². The molecule has 0 aromatic heterocycles. The molecule has 1 fully saturated rings. The molecule has 0 bridgehead atoms. The highest BCUT2D eigenvalue weighted by Gasteiger charge is 2.32. The topological polar surface area (TPSA) is 38.5 Å². The molecule has 0 spiro atoms. The fraction of sp³-hybridized carbons (Fsp3) is 0.625. The lowest BCUT2D eigenvalue weighted by molar-refractivity contribution is 0.202. The van der Waals surface area contributed by atoms with Gasteiger partial charge in [0.25, 0.3) is 0 Å². The smallest absolute Gasteiger partial charge is 0.119 e. The number of rotatable bonds is 8. The normalized spacial score (nSPS) is 16.6. The second-order valence-electron chi connectivity index (χ2n) is 5.23. The maximum Gasteiger partial charge on any atom is 0.119 e. The van der Waals surface area contributed by atoms with Gasteiger partial charge in [0, 0.05) is 18.6 Å². The Kier molecular flexibility index (Phi) is 5.23. The van der Waals surface area contributed by atoms with Crippen molar-refractivity contribution >= 4 is 0 Å². The van der Waals surface area contributed by atoms with Crippen molar-refractivity contribution in [2.24, 2.45) is 5.73 Å². The van der Waals surface area contributed by atoms with Crippen LogP contribution in [0.15, 0.2) is 24.3 Å². The van der Waals surface area contributed by atoms with Crippen LogP contribution >= 0.6 is 0 Å². The number of nitrogens with zero attached hydrogens (tertiary/aromatic N) is 1. The quantitative estimate of drug-likeness (QED) is 0.783. The first-order valence-corrected chi connectivity index (χ1v) is 7.48. The number of likely N-dealkylation sites (N-methyl/N-ethyl adjacent to an activating group) is 1. The van der Waals surface area contributed by atoms with Crippen LogP contribution in [0.25, 0.3) is 0 Å². The average Bonchev–Trinajstić information content (AvgIpc) is 3.27. The van der Waals surface area contributed by atoms with Gasteiger partial charge in [-0.2, -0.15) is 0 Å². The number of ether oxygens (including phenoxy) is 1. The first-order valence-electron chi connectivity index (χ1n) is 7.48. The molecular formula is C16H26N2O. The van der Waals surface area contributed by atoms with Crippen LogP contribution in [-0.2, 0) is 0 Å². The van der Waals surface area contributed by atoms with E-state index in [9.17, 15) is 0 Å². The Morgan fingerprint density at radius 3 is 2.42 bits per heavy atom. The predicted octanol–water partition coefficient (Wildman–Crippen LogP) is 2.96. The number of nitrogens with two attached hydrogens (primary N) is 1. The van der Waals surface area contributed by atoms with E-state index >= 15 is 0 Å². The summed E-state index contributed by atoms with van der Waals surface area (Å²) in [7, 11) is 0. The summed E-state index contributed by atoms with van der Waals surface area (Å²) < 4.78 is 5.63. The predicted molar refractivity (Wildman–Crippen MR) is 79.4 cm³/mol. The summed E-state index contributed by atoms with van der Waals surface area (Å²) in [6.07, 6.45) is 3.68. The number of hydrogen-bond donors (Lipinski definition) is 1. The fourth-order valence-corrected chi connectivity index (χ4v) is 2.61. The third kappa shape index (κ3) is 3.71. The molecule has 0 saturated heterocycles. The summed E-state index contributed by atoms with van der Waals surface area (Å²) in [5, 5.41) is 0. The van der Waals surface area contributed by atoms with Crippen molar-refractivity contribution in [3.05, 3.63) is 29.8 Å². The Morgan fingerprint density at radius 1 is 1.26 bits per heavy atom. The largest absolute Gasteiger partial charge is 0.494 e. The van der Waals surface area contributed by atoms with Crippen molar-refractivity contribution in [3.8, 4) is 5.75 Å². The lowest BCUT2D eigenvalue weighted by Gasteiger charge is -2.30. The van der Waals surface area contributed by atoms with Gasteiger partial charge in [-0.1, -0.05) is 26.0 Å². The van der Waals surface area contributed by atoms with Gasteiger partial charge in [-0.3, -0.25) is 4.90 Å². The van der Waals surface area contributed by atoms with E-state index in [1.54, 1.807) is 0 Å². The van der Waals surface area contributed by atoms with Gasteiger partial charge in [0.1, 0.15) is 5.75 Å². The molecule has 1 aliphatic rings. The summed E-state index contributed by atoms with van der Waals surface area (Å²) in [5.74, 6) is 0.954. The molecule has 106 valence electrons. The molecule has 0 aliphatic heterocycles. The summed E-state index contributed by atoms with van der Waals surface area (Å²) in [6, 6.07) is 9.54. The van der Waals surface area contributed by atoms with Crippen LogP contribution in [0.2, 0.25) is 0 Å². The molecule has 1 unspecified atom stereocenters. The van der Waals surface area contributed by atoms with E-state index in [0.717, 1.165) is 31.4 Å². The summed E-state index contributed by atoms with van der Waals surface area (Å²) in [5.41, 5.74) is 7.30. The van der Waals surface area contributed by atoms with E-state index in [-0.39, 0.29) is 0 Å². The van der Waals surface area contributed by atoms with Crippen LogP contribution in [-0.4, -0.2) is 30.6 Å². The van der Waals surface area contributed by atoms with Crippen LogP contribution in [0, 0.1) is 0 Å². The van der Waals surface area contributed by atoms with E-state index < -0.39 is 0 Å². The molecule has 19 heavy (non-hydrogen) atoms. The molecule has 3 nitrogen and oxygen atoms in total. The van der Waals surface area contributed by atoms with Gasteiger partial charge in [-0.15, -0.1) is 0 Å². The van der Waals surface area contributed by atoms with E-state index in [1.807, 2.05) is 0 Å². The van der Waals surface area contributed by atoms with Gasteiger partial charge in [0.05, 0.1) is 6.61 Å². The maximum absolute atomic E-state index is 5.99.